The number of hydrogen-bond acceptors (Lipinski definition) is 2. The van der Waals surface area contributed by atoms with E-state index < -0.39 is 0 Å². The van der Waals surface area contributed by atoms with E-state index in [-0.39, 0.29) is 11.9 Å². The Morgan fingerprint density at radius 2 is 2.00 bits per heavy atom. The van der Waals surface area contributed by atoms with Crippen LogP contribution in [0.25, 0.3) is 0 Å². The second-order valence-corrected chi connectivity index (χ2v) is 5.08. The van der Waals surface area contributed by atoms with Crippen molar-refractivity contribution in [3.63, 3.8) is 0 Å². The minimum Gasteiger partial charge on any atom is -0.496 e. The van der Waals surface area contributed by atoms with E-state index in [0.29, 0.717) is 17.4 Å². The van der Waals surface area contributed by atoms with Crippen molar-refractivity contribution in [2.75, 3.05) is 7.11 Å². The molecular weight excluding hydrogens is 229 g/mol. The molecule has 2 rings (SSSR count). The summed E-state index contributed by atoms with van der Waals surface area (Å²) < 4.78 is 19.2. The van der Waals surface area contributed by atoms with Crippen LogP contribution in [0.4, 0.5) is 4.39 Å². The van der Waals surface area contributed by atoms with Gasteiger partial charge in [-0.15, -0.1) is 0 Å². The molecule has 0 heterocycles. The summed E-state index contributed by atoms with van der Waals surface area (Å²) >= 11 is 0. The third-order valence-electron chi connectivity index (χ3n) is 3.76. The fourth-order valence-corrected chi connectivity index (χ4v) is 2.82. The molecule has 100 valence electrons. The van der Waals surface area contributed by atoms with E-state index in [1.165, 1.54) is 38.2 Å². The fourth-order valence-electron chi connectivity index (χ4n) is 2.82. The molecule has 0 saturated heterocycles. The number of rotatable bonds is 4. The summed E-state index contributed by atoms with van der Waals surface area (Å²) in [6.07, 6.45) is 6.27. The maximum Gasteiger partial charge on any atom is 0.131 e. The normalized spacial score (nSPS) is 18.6. The van der Waals surface area contributed by atoms with Gasteiger partial charge in [0.2, 0.25) is 0 Å². The first-order valence-corrected chi connectivity index (χ1v) is 6.81. The van der Waals surface area contributed by atoms with Crippen LogP contribution in [0, 0.1) is 5.82 Å². The van der Waals surface area contributed by atoms with E-state index in [1.807, 2.05) is 13.0 Å². The molecule has 1 N–H and O–H groups in total. The molecule has 0 aromatic heterocycles. The smallest absolute Gasteiger partial charge is 0.131 e. The van der Waals surface area contributed by atoms with Crippen LogP contribution in [0.15, 0.2) is 18.2 Å². The van der Waals surface area contributed by atoms with E-state index in [1.54, 1.807) is 13.2 Å². The summed E-state index contributed by atoms with van der Waals surface area (Å²) in [6, 6.07) is 5.50. The number of nitrogens with one attached hydrogen (secondary N) is 1. The molecule has 0 radical (unpaired) electrons. The maximum absolute atomic E-state index is 13.9. The van der Waals surface area contributed by atoms with Gasteiger partial charge in [-0.2, -0.15) is 0 Å². The second kappa shape index (κ2) is 6.19. The first kappa shape index (κ1) is 13.3. The van der Waals surface area contributed by atoms with Crippen molar-refractivity contribution in [2.45, 2.75) is 51.1 Å². The van der Waals surface area contributed by atoms with Gasteiger partial charge in [-0.05, 0) is 31.9 Å². The van der Waals surface area contributed by atoms with Crippen LogP contribution in [-0.4, -0.2) is 13.2 Å². The van der Waals surface area contributed by atoms with Gasteiger partial charge in [0.25, 0.3) is 0 Å². The molecular formula is C15H22FNO. The van der Waals surface area contributed by atoms with E-state index in [2.05, 4.69) is 5.32 Å². The third-order valence-corrected chi connectivity index (χ3v) is 3.76. The molecule has 1 saturated carbocycles. The number of benzene rings is 1. The third kappa shape index (κ3) is 3.02. The lowest BCUT2D eigenvalue weighted by Gasteiger charge is -2.27. The molecule has 0 aliphatic heterocycles. The molecule has 3 heteroatoms. The largest absolute Gasteiger partial charge is 0.496 e. The molecule has 1 aliphatic carbocycles. The molecule has 0 amide bonds. The minimum absolute atomic E-state index is 0.00995. The minimum atomic E-state index is -0.190. The molecule has 1 unspecified atom stereocenters. The van der Waals surface area contributed by atoms with Crippen LogP contribution in [0.1, 0.15) is 50.6 Å². The second-order valence-electron chi connectivity index (χ2n) is 5.08. The summed E-state index contributed by atoms with van der Waals surface area (Å²) in [4.78, 5) is 0. The van der Waals surface area contributed by atoms with Gasteiger partial charge in [-0.25, -0.2) is 4.39 Å². The predicted molar refractivity (Wildman–Crippen MR) is 71.4 cm³/mol. The summed E-state index contributed by atoms with van der Waals surface area (Å²) in [5.41, 5.74) is 0.644. The highest BCUT2D eigenvalue weighted by Crippen LogP contribution is 2.29. The lowest BCUT2D eigenvalue weighted by molar-refractivity contribution is 0.334. The quantitative estimate of drug-likeness (QED) is 0.878. The number of ether oxygens (including phenoxy) is 1. The molecule has 1 aromatic carbocycles. The summed E-state index contributed by atoms with van der Waals surface area (Å²) in [5.74, 6) is 0.441. The van der Waals surface area contributed by atoms with Crippen LogP contribution >= 0.6 is 0 Å². The van der Waals surface area contributed by atoms with Gasteiger partial charge < -0.3 is 10.1 Å². The van der Waals surface area contributed by atoms with E-state index in [9.17, 15) is 4.39 Å². The van der Waals surface area contributed by atoms with Gasteiger partial charge in [0.15, 0.2) is 0 Å². The van der Waals surface area contributed by atoms with Crippen molar-refractivity contribution in [3.05, 3.63) is 29.6 Å². The zero-order chi connectivity index (χ0) is 13.0. The number of halogens is 1. The SMILES string of the molecule is COc1cccc(F)c1C(C)NC1CCCCC1. The molecule has 1 atom stereocenters. The van der Waals surface area contributed by atoms with Gasteiger partial charge in [0.1, 0.15) is 11.6 Å². The monoisotopic (exact) mass is 251 g/mol. The Morgan fingerprint density at radius 1 is 1.28 bits per heavy atom. The Labute approximate surface area is 109 Å². The van der Waals surface area contributed by atoms with Gasteiger partial charge >= 0.3 is 0 Å². The van der Waals surface area contributed by atoms with E-state index in [4.69, 9.17) is 4.74 Å². The molecule has 18 heavy (non-hydrogen) atoms. The fraction of sp³-hybridized carbons (Fsp3) is 0.600. The van der Waals surface area contributed by atoms with E-state index >= 15 is 0 Å². The average Bonchev–Trinajstić information content (AvgIpc) is 2.39. The summed E-state index contributed by atoms with van der Waals surface area (Å²) in [7, 11) is 1.59. The zero-order valence-corrected chi connectivity index (χ0v) is 11.2. The van der Waals surface area contributed by atoms with Crippen LogP contribution in [-0.2, 0) is 0 Å². The van der Waals surface area contributed by atoms with Crippen LogP contribution < -0.4 is 10.1 Å². The summed E-state index contributed by atoms with van der Waals surface area (Å²) in [6.45, 7) is 2.01. The molecule has 1 fully saturated rings. The standard InChI is InChI=1S/C15H22FNO/c1-11(17-12-7-4-3-5-8-12)15-13(16)9-6-10-14(15)18-2/h6,9-12,17H,3-5,7-8H2,1-2H3. The Balaban J connectivity index is 2.09. The summed E-state index contributed by atoms with van der Waals surface area (Å²) in [5, 5.41) is 3.53. The van der Waals surface area contributed by atoms with E-state index in [0.717, 1.165) is 0 Å². The highest BCUT2D eigenvalue weighted by molar-refractivity contribution is 5.36. The van der Waals surface area contributed by atoms with Crippen molar-refractivity contribution in [3.8, 4) is 5.75 Å². The Hall–Kier alpha value is -1.09. The molecule has 1 aromatic rings. The average molecular weight is 251 g/mol. The van der Waals surface area contributed by atoms with Crippen molar-refractivity contribution in [1.82, 2.24) is 5.32 Å². The lowest BCUT2D eigenvalue weighted by atomic mass is 9.94. The van der Waals surface area contributed by atoms with Crippen LogP contribution in [0.5, 0.6) is 5.75 Å². The topological polar surface area (TPSA) is 21.3 Å². The van der Waals surface area contributed by atoms with Crippen LogP contribution in [0.2, 0.25) is 0 Å². The van der Waals surface area contributed by atoms with Crippen molar-refractivity contribution in [2.24, 2.45) is 0 Å². The van der Waals surface area contributed by atoms with Gasteiger partial charge in [-0.3, -0.25) is 0 Å². The molecule has 0 spiro atoms. The number of hydrogen-bond donors (Lipinski definition) is 1. The Kier molecular flexibility index (Phi) is 4.59. The van der Waals surface area contributed by atoms with Gasteiger partial charge in [-0.1, -0.05) is 25.3 Å². The van der Waals surface area contributed by atoms with Crippen LogP contribution in [0.3, 0.4) is 0 Å². The Morgan fingerprint density at radius 3 is 2.67 bits per heavy atom. The van der Waals surface area contributed by atoms with Gasteiger partial charge in [0, 0.05) is 17.6 Å². The Bertz CT molecular complexity index is 388. The lowest BCUT2D eigenvalue weighted by Crippen LogP contribution is -2.33. The molecule has 1 aliphatic rings. The van der Waals surface area contributed by atoms with Crippen molar-refractivity contribution in [1.29, 1.82) is 0 Å². The zero-order valence-electron chi connectivity index (χ0n) is 11.2. The van der Waals surface area contributed by atoms with Crippen molar-refractivity contribution >= 4 is 0 Å². The molecule has 0 bridgehead atoms. The maximum atomic E-state index is 13.9. The highest BCUT2D eigenvalue weighted by atomic mass is 19.1. The molecule has 2 nitrogen and oxygen atoms in total. The highest BCUT2D eigenvalue weighted by Gasteiger charge is 2.20. The first-order chi connectivity index (χ1) is 8.72. The number of methoxy groups -OCH3 is 1. The predicted octanol–water partition coefficient (Wildman–Crippen LogP) is 3.82. The van der Waals surface area contributed by atoms with Crippen molar-refractivity contribution < 1.29 is 9.13 Å². The first-order valence-electron chi connectivity index (χ1n) is 6.81. The van der Waals surface area contributed by atoms with Gasteiger partial charge in [0.05, 0.1) is 7.11 Å².